The molecule has 0 atom stereocenters. The highest BCUT2D eigenvalue weighted by Crippen LogP contribution is 2.42. The van der Waals surface area contributed by atoms with Crippen molar-refractivity contribution in [3.05, 3.63) is 102 Å². The molecule has 2 aromatic heterocycles. The van der Waals surface area contributed by atoms with E-state index in [0.29, 0.717) is 44.9 Å². The molecule has 0 aliphatic carbocycles. The van der Waals surface area contributed by atoms with E-state index in [2.05, 4.69) is 10.3 Å². The van der Waals surface area contributed by atoms with Crippen LogP contribution in [0.2, 0.25) is 0 Å². The van der Waals surface area contributed by atoms with Crippen LogP contribution in [0.5, 0.6) is 0 Å². The monoisotopic (exact) mass is 596 g/mol. The number of anilines is 1. The summed E-state index contributed by atoms with van der Waals surface area (Å²) in [5.74, 6) is 0.428. The molecular weight excluding hydrogens is 567 g/mol. The zero-order chi connectivity index (χ0) is 30.6. The van der Waals surface area contributed by atoms with Gasteiger partial charge in [-0.1, -0.05) is 35.9 Å². The van der Waals surface area contributed by atoms with E-state index in [1.165, 1.54) is 23.5 Å². The van der Waals surface area contributed by atoms with Crippen LogP contribution in [0, 0.1) is 19.7 Å². The lowest BCUT2D eigenvalue weighted by atomic mass is 9.98. The first kappa shape index (κ1) is 28.2. The average Bonchev–Trinajstić information content (AvgIpc) is 3.52. The van der Waals surface area contributed by atoms with Crippen LogP contribution >= 0.6 is 0 Å². The summed E-state index contributed by atoms with van der Waals surface area (Å²) in [5, 5.41) is 3.26. The fraction of sp³-hybridized carbons (Fsp3) is 0.152. The minimum absolute atomic E-state index is 0.329. The highest BCUT2D eigenvalue weighted by atomic mass is 32.2. The number of nitrogens with one attached hydrogen (secondary N) is 1. The van der Waals surface area contributed by atoms with Crippen molar-refractivity contribution in [2.24, 2.45) is 0 Å². The number of aryl methyl sites for hydroxylation is 2. The first-order valence-corrected chi connectivity index (χ1v) is 15.4. The first-order valence-electron chi connectivity index (χ1n) is 13.5. The number of halogens is 1. The fourth-order valence-corrected chi connectivity index (χ4v) is 5.85. The van der Waals surface area contributed by atoms with Gasteiger partial charge in [-0.05, 0) is 61.9 Å². The second-order valence-corrected chi connectivity index (χ2v) is 12.5. The topological polar surface area (TPSA) is 97.4 Å². The van der Waals surface area contributed by atoms with Gasteiger partial charge >= 0.3 is 0 Å². The maximum atomic E-state index is 13.7. The van der Waals surface area contributed by atoms with Gasteiger partial charge in [-0.2, -0.15) is 0 Å². The number of imidazole rings is 1. The SMILES string of the molecule is CNC(=O)c1c(-c2ccc(C)cc2)oc2cc(N(C)S(C)(=O)=O)c(-c3ccc4nc(C)n(-c5ccc(F)cc5)c4c3)cc12. The quantitative estimate of drug-likeness (QED) is 0.233. The van der Waals surface area contributed by atoms with Crippen LogP contribution < -0.4 is 9.62 Å². The molecule has 0 fully saturated rings. The van der Waals surface area contributed by atoms with Gasteiger partial charge in [0, 0.05) is 42.4 Å². The van der Waals surface area contributed by atoms with Crippen LogP contribution in [0.1, 0.15) is 21.7 Å². The summed E-state index contributed by atoms with van der Waals surface area (Å²) in [7, 11) is -0.634. The smallest absolute Gasteiger partial charge is 0.255 e. The van der Waals surface area contributed by atoms with Gasteiger partial charge in [-0.3, -0.25) is 13.7 Å². The summed E-state index contributed by atoms with van der Waals surface area (Å²) < 4.78 is 48.7. The van der Waals surface area contributed by atoms with E-state index < -0.39 is 10.0 Å². The molecule has 0 unspecified atom stereocenters. The molecule has 0 aliphatic rings. The number of benzene rings is 4. The highest BCUT2D eigenvalue weighted by molar-refractivity contribution is 7.92. The van der Waals surface area contributed by atoms with Crippen LogP contribution in [-0.4, -0.2) is 44.2 Å². The van der Waals surface area contributed by atoms with Gasteiger partial charge in [0.25, 0.3) is 5.91 Å². The zero-order valence-corrected chi connectivity index (χ0v) is 25.1. The van der Waals surface area contributed by atoms with Crippen molar-refractivity contribution in [3.63, 3.8) is 0 Å². The van der Waals surface area contributed by atoms with Crippen molar-refractivity contribution in [3.8, 4) is 28.1 Å². The predicted molar refractivity (Wildman–Crippen MR) is 168 cm³/mol. The summed E-state index contributed by atoms with van der Waals surface area (Å²) in [4.78, 5) is 17.9. The molecule has 0 saturated heterocycles. The molecule has 1 N–H and O–H groups in total. The number of sulfonamides is 1. The largest absolute Gasteiger partial charge is 0.455 e. The molecule has 1 amide bonds. The molecule has 6 rings (SSSR count). The number of fused-ring (bicyclic) bond motifs is 2. The van der Waals surface area contributed by atoms with E-state index in [9.17, 15) is 17.6 Å². The summed E-state index contributed by atoms with van der Waals surface area (Å²) in [6.07, 6.45) is 1.13. The Balaban J connectivity index is 1.65. The van der Waals surface area contributed by atoms with Gasteiger partial charge in [-0.25, -0.2) is 17.8 Å². The Kier molecular flexibility index (Phi) is 6.81. The Hall–Kier alpha value is -4.96. The van der Waals surface area contributed by atoms with Crippen molar-refractivity contribution in [1.82, 2.24) is 14.9 Å². The molecular formula is C33H29FN4O4S. The highest BCUT2D eigenvalue weighted by Gasteiger charge is 2.26. The molecule has 4 aromatic carbocycles. The number of carbonyl (C=O) groups excluding carboxylic acids is 1. The first-order chi connectivity index (χ1) is 20.5. The number of hydrogen-bond acceptors (Lipinski definition) is 5. The van der Waals surface area contributed by atoms with Crippen LogP contribution in [0.25, 0.3) is 50.1 Å². The Morgan fingerprint density at radius 1 is 0.953 bits per heavy atom. The van der Waals surface area contributed by atoms with Crippen molar-refractivity contribution < 1.29 is 22.0 Å². The van der Waals surface area contributed by atoms with E-state index in [1.807, 2.05) is 60.9 Å². The van der Waals surface area contributed by atoms with E-state index in [0.717, 1.165) is 34.1 Å². The third kappa shape index (κ3) is 4.93. The average molecular weight is 597 g/mol. The normalized spacial score (nSPS) is 11.8. The predicted octanol–water partition coefficient (Wildman–Crippen LogP) is 6.62. The van der Waals surface area contributed by atoms with Gasteiger partial charge in [-0.15, -0.1) is 0 Å². The Labute approximate surface area is 248 Å². The van der Waals surface area contributed by atoms with Crippen molar-refractivity contribution in [1.29, 1.82) is 0 Å². The summed E-state index contributed by atoms with van der Waals surface area (Å²) in [5.41, 5.74) is 6.38. The molecule has 0 saturated carbocycles. The van der Waals surface area contributed by atoms with Gasteiger partial charge in [0.1, 0.15) is 23.0 Å². The molecule has 218 valence electrons. The number of furan rings is 1. The number of hydrogen-bond donors (Lipinski definition) is 1. The molecule has 0 bridgehead atoms. The lowest BCUT2D eigenvalue weighted by Crippen LogP contribution is -2.25. The molecule has 8 nitrogen and oxygen atoms in total. The number of carbonyl (C=O) groups is 1. The number of rotatable bonds is 6. The van der Waals surface area contributed by atoms with E-state index in [-0.39, 0.29) is 11.7 Å². The lowest BCUT2D eigenvalue weighted by molar-refractivity contribution is 0.0964. The Bertz CT molecular complexity index is 2150. The minimum atomic E-state index is -3.67. The molecule has 0 spiro atoms. The molecule has 43 heavy (non-hydrogen) atoms. The number of amides is 1. The maximum Gasteiger partial charge on any atom is 0.255 e. The van der Waals surface area contributed by atoms with Crippen molar-refractivity contribution in [2.75, 3.05) is 24.7 Å². The Morgan fingerprint density at radius 3 is 2.28 bits per heavy atom. The standard InChI is InChI=1S/C33H29FN4O4S/c1-19-6-8-21(9-7-19)32-31(33(39)35-3)26-17-25(28(18-30(26)42-32)37(4)43(5,40)41)22-10-15-27-29(16-22)38(20(2)36-27)24-13-11-23(34)12-14-24/h6-18H,1-5H3,(H,35,39). The van der Waals surface area contributed by atoms with Gasteiger partial charge < -0.3 is 9.73 Å². The second-order valence-electron chi connectivity index (χ2n) is 10.5. The number of aromatic nitrogens is 2. The summed E-state index contributed by atoms with van der Waals surface area (Å²) in [6, 6.07) is 22.9. The summed E-state index contributed by atoms with van der Waals surface area (Å²) >= 11 is 0. The van der Waals surface area contributed by atoms with Crippen LogP contribution in [0.4, 0.5) is 10.1 Å². The van der Waals surface area contributed by atoms with Crippen LogP contribution in [0.3, 0.4) is 0 Å². The lowest BCUT2D eigenvalue weighted by Gasteiger charge is -2.21. The van der Waals surface area contributed by atoms with Gasteiger partial charge in [0.2, 0.25) is 10.0 Å². The molecule has 6 aromatic rings. The van der Waals surface area contributed by atoms with Crippen LogP contribution in [-0.2, 0) is 10.0 Å². The third-order valence-corrected chi connectivity index (χ3v) is 8.82. The second kappa shape index (κ2) is 10.4. The molecule has 2 heterocycles. The van der Waals surface area contributed by atoms with Crippen LogP contribution in [0.15, 0.2) is 83.3 Å². The summed E-state index contributed by atoms with van der Waals surface area (Å²) in [6.45, 7) is 3.84. The fourth-order valence-electron chi connectivity index (χ4n) is 5.34. The van der Waals surface area contributed by atoms with E-state index >= 15 is 0 Å². The van der Waals surface area contributed by atoms with Gasteiger partial charge in [0.15, 0.2) is 0 Å². The zero-order valence-electron chi connectivity index (χ0n) is 24.3. The van der Waals surface area contributed by atoms with E-state index in [1.54, 1.807) is 31.3 Å². The van der Waals surface area contributed by atoms with Crippen molar-refractivity contribution in [2.45, 2.75) is 13.8 Å². The van der Waals surface area contributed by atoms with Gasteiger partial charge in [0.05, 0.1) is 28.5 Å². The Morgan fingerprint density at radius 2 is 1.63 bits per heavy atom. The molecule has 10 heteroatoms. The van der Waals surface area contributed by atoms with E-state index in [4.69, 9.17) is 4.42 Å². The number of nitrogens with zero attached hydrogens (tertiary/aromatic N) is 3. The molecule has 0 aliphatic heterocycles. The minimum Gasteiger partial charge on any atom is -0.455 e. The third-order valence-electron chi connectivity index (χ3n) is 7.63. The molecule has 0 radical (unpaired) electrons. The van der Waals surface area contributed by atoms with Crippen molar-refractivity contribution >= 4 is 43.6 Å². The maximum absolute atomic E-state index is 13.7.